The number of carbonyl (C=O) groups is 3. The zero-order valence-corrected chi connectivity index (χ0v) is 40.0. The molecule has 1 aliphatic carbocycles. The van der Waals surface area contributed by atoms with Gasteiger partial charge in [-0.2, -0.15) is 0 Å². The predicted octanol–water partition coefficient (Wildman–Crippen LogP) is 8.42. The van der Waals surface area contributed by atoms with E-state index in [0.717, 1.165) is 46.4 Å². The third-order valence-corrected chi connectivity index (χ3v) is 12.3. The summed E-state index contributed by atoms with van der Waals surface area (Å²) in [7, 11) is 1.61. The molecule has 2 aliphatic heterocycles. The molecular formula is C47H61Cl2N5O14. The van der Waals surface area contributed by atoms with Crippen molar-refractivity contribution >= 4 is 46.9 Å². The Kier molecular flexibility index (Phi) is 19.8. The summed E-state index contributed by atoms with van der Waals surface area (Å²) in [5.74, 6) is 1.55. The second-order valence-corrected chi connectivity index (χ2v) is 17.7. The number of hydrogen-bond acceptors (Lipinski definition) is 16. The van der Waals surface area contributed by atoms with E-state index in [9.17, 15) is 9.59 Å². The van der Waals surface area contributed by atoms with Gasteiger partial charge in [0.2, 0.25) is 0 Å². The molecule has 0 radical (unpaired) electrons. The van der Waals surface area contributed by atoms with E-state index in [1.54, 1.807) is 24.1 Å². The van der Waals surface area contributed by atoms with Gasteiger partial charge in [-0.25, -0.2) is 9.59 Å². The Bertz CT molecular complexity index is 2170. The van der Waals surface area contributed by atoms with Crippen molar-refractivity contribution in [1.29, 1.82) is 0 Å². The Morgan fingerprint density at radius 2 is 1.31 bits per heavy atom. The lowest BCUT2D eigenvalue weighted by Gasteiger charge is -2.50. The second kappa shape index (κ2) is 25.6. The molecule has 19 nitrogen and oxygen atoms in total. The summed E-state index contributed by atoms with van der Waals surface area (Å²) in [5, 5.41) is 35.5. The molecule has 1 saturated carbocycles. The molecular weight excluding hydrogens is 929 g/mol. The first kappa shape index (κ1) is 52.4. The Morgan fingerprint density at radius 1 is 0.721 bits per heavy atom. The van der Waals surface area contributed by atoms with E-state index in [4.69, 9.17) is 67.7 Å². The van der Waals surface area contributed by atoms with Crippen molar-refractivity contribution in [3.05, 3.63) is 92.5 Å². The van der Waals surface area contributed by atoms with Crippen LogP contribution in [0, 0.1) is 13.8 Å². The minimum atomic E-state index is -0.930. The molecule has 3 aliphatic rings. The van der Waals surface area contributed by atoms with Crippen LogP contribution in [0.5, 0.6) is 17.2 Å². The highest BCUT2D eigenvalue weighted by Gasteiger charge is 2.50. The van der Waals surface area contributed by atoms with E-state index in [2.05, 4.69) is 9.68 Å². The molecule has 372 valence electrons. The molecule has 2 unspecified atom stereocenters. The van der Waals surface area contributed by atoms with Crippen LogP contribution in [0.25, 0.3) is 5.57 Å². The van der Waals surface area contributed by atoms with Crippen molar-refractivity contribution in [3.63, 3.8) is 0 Å². The van der Waals surface area contributed by atoms with Crippen molar-refractivity contribution < 1.29 is 68.6 Å². The molecule has 1 saturated heterocycles. The number of carbonyl (C=O) groups excluding carboxylic acids is 3. The Hall–Kier alpha value is -4.93. The van der Waals surface area contributed by atoms with Crippen LogP contribution >= 0.6 is 23.2 Å². The van der Waals surface area contributed by atoms with Crippen LogP contribution in [0.1, 0.15) is 80.0 Å². The molecule has 3 amide bonds. The van der Waals surface area contributed by atoms with Gasteiger partial charge in [0, 0.05) is 31.2 Å². The standard InChI is InChI=1S/C47H61Cl2N5O14/c1-31-24-39(48)44(40(49)25-31)64-19-5-4-18-63-37-15-11-34(12-16-37)38-27-36-29-50(46(56)65-20-6-8-22-67-53(58)59)30-41(52(36)47(57)66-21-7-9-23-68-54(60)61)43(38)45(55)51(35-13-14-35)28-33-10-17-42(62-3)32(2)26-33/h10-12,15-17,24-26,35-36,41,58-61H,4-9,13-14,18-23,27-30H2,1-3H3. The molecule has 2 bridgehead atoms. The predicted molar refractivity (Wildman–Crippen MR) is 246 cm³/mol. The molecule has 21 heteroatoms. The number of halogens is 2. The van der Waals surface area contributed by atoms with Crippen LogP contribution in [-0.4, -0.2) is 142 Å². The van der Waals surface area contributed by atoms with Gasteiger partial charge in [-0.3, -0.25) is 40.2 Å². The summed E-state index contributed by atoms with van der Waals surface area (Å²) in [6, 6.07) is 15.3. The lowest BCUT2D eigenvalue weighted by Crippen LogP contribution is -2.65. The summed E-state index contributed by atoms with van der Waals surface area (Å²) in [4.78, 5) is 57.5. The number of methoxy groups -OCH3 is 1. The number of ether oxygens (including phenoxy) is 5. The number of rotatable bonds is 25. The summed E-state index contributed by atoms with van der Waals surface area (Å²) in [6.07, 6.45) is 3.38. The van der Waals surface area contributed by atoms with Gasteiger partial charge in [-0.15, -0.1) is 0 Å². The first-order valence-electron chi connectivity index (χ1n) is 22.7. The summed E-state index contributed by atoms with van der Waals surface area (Å²) >= 11 is 12.7. The van der Waals surface area contributed by atoms with Crippen molar-refractivity contribution in [2.45, 2.75) is 96.3 Å². The average Bonchev–Trinajstić information content (AvgIpc) is 4.14. The molecule has 6 rings (SSSR count). The van der Waals surface area contributed by atoms with Crippen LogP contribution in [0.3, 0.4) is 0 Å². The lowest BCUT2D eigenvalue weighted by molar-refractivity contribution is -0.492. The minimum Gasteiger partial charge on any atom is -0.496 e. The SMILES string of the molecule is COc1ccc(CN(C(=O)C2=C(c3ccc(OCCCCOc4c(Cl)cc(C)cc4Cl)cc3)CC3CN(C(=O)OCCCCON(O)O)CC2N3C(=O)OCCCCON(O)O)C2CC2)cc1C. The molecule has 2 fully saturated rings. The Morgan fingerprint density at radius 3 is 1.90 bits per heavy atom. The van der Waals surface area contributed by atoms with Crippen LogP contribution in [0.4, 0.5) is 9.59 Å². The highest BCUT2D eigenvalue weighted by molar-refractivity contribution is 6.37. The van der Waals surface area contributed by atoms with Crippen molar-refractivity contribution in [2.75, 3.05) is 59.8 Å². The molecule has 2 atom stereocenters. The summed E-state index contributed by atoms with van der Waals surface area (Å²) in [5.41, 5.74) is 4.65. The van der Waals surface area contributed by atoms with Gasteiger partial charge < -0.3 is 33.5 Å². The highest BCUT2D eigenvalue weighted by atomic mass is 35.5. The van der Waals surface area contributed by atoms with Gasteiger partial charge in [-0.05, 0) is 130 Å². The zero-order chi connectivity index (χ0) is 48.7. The normalized spacial score (nSPS) is 16.9. The van der Waals surface area contributed by atoms with Crippen molar-refractivity contribution in [2.24, 2.45) is 0 Å². The first-order valence-corrected chi connectivity index (χ1v) is 23.5. The summed E-state index contributed by atoms with van der Waals surface area (Å²) < 4.78 is 28.9. The lowest BCUT2D eigenvalue weighted by atomic mass is 9.81. The van der Waals surface area contributed by atoms with E-state index in [0.29, 0.717) is 85.4 Å². The van der Waals surface area contributed by atoms with Crippen LogP contribution in [0.2, 0.25) is 10.0 Å². The number of benzene rings is 3. The average molecular weight is 991 g/mol. The molecule has 2 heterocycles. The van der Waals surface area contributed by atoms with Crippen molar-refractivity contribution in [3.8, 4) is 17.2 Å². The second-order valence-electron chi connectivity index (χ2n) is 16.8. The minimum absolute atomic E-state index is 0.0103. The van der Waals surface area contributed by atoms with Crippen LogP contribution in [0.15, 0.2) is 60.2 Å². The fourth-order valence-corrected chi connectivity index (χ4v) is 9.06. The van der Waals surface area contributed by atoms with E-state index < -0.39 is 24.3 Å². The fourth-order valence-electron chi connectivity index (χ4n) is 8.35. The van der Waals surface area contributed by atoms with Crippen LogP contribution < -0.4 is 14.2 Å². The summed E-state index contributed by atoms with van der Waals surface area (Å²) in [6.45, 7) is 4.97. The Labute approximate surface area is 405 Å². The molecule has 0 spiro atoms. The van der Waals surface area contributed by atoms with Gasteiger partial charge in [0.1, 0.15) is 11.5 Å². The fraction of sp³-hybridized carbons (Fsp3) is 0.511. The maximum atomic E-state index is 15.4. The monoisotopic (exact) mass is 989 g/mol. The van der Waals surface area contributed by atoms with Gasteiger partial charge in [-0.1, -0.05) is 47.5 Å². The van der Waals surface area contributed by atoms with E-state index in [-0.39, 0.29) is 68.7 Å². The number of hydrogen-bond donors (Lipinski definition) is 4. The third kappa shape index (κ3) is 14.8. The van der Waals surface area contributed by atoms with E-state index in [1.807, 2.05) is 61.2 Å². The molecule has 3 aromatic rings. The zero-order valence-electron chi connectivity index (χ0n) is 38.5. The maximum Gasteiger partial charge on any atom is 0.410 e. The van der Waals surface area contributed by atoms with Gasteiger partial charge >= 0.3 is 12.2 Å². The molecule has 3 aromatic carbocycles. The molecule has 0 aromatic heterocycles. The topological polar surface area (TPSA) is 213 Å². The van der Waals surface area contributed by atoms with Gasteiger partial charge in [0.25, 0.3) is 5.91 Å². The molecule has 68 heavy (non-hydrogen) atoms. The van der Waals surface area contributed by atoms with E-state index in [1.165, 1.54) is 4.90 Å². The van der Waals surface area contributed by atoms with Crippen LogP contribution in [-0.2, 0) is 30.5 Å². The highest BCUT2D eigenvalue weighted by Crippen LogP contribution is 2.42. The smallest absolute Gasteiger partial charge is 0.410 e. The largest absolute Gasteiger partial charge is 0.496 e. The Balaban J connectivity index is 1.25. The first-order chi connectivity index (χ1) is 32.7. The van der Waals surface area contributed by atoms with Gasteiger partial charge in [0.15, 0.2) is 5.75 Å². The van der Waals surface area contributed by atoms with Crippen molar-refractivity contribution in [1.82, 2.24) is 25.5 Å². The molecule has 4 N–H and O–H groups in total. The van der Waals surface area contributed by atoms with E-state index >= 15 is 4.79 Å². The number of aryl methyl sites for hydroxylation is 2. The quantitative estimate of drug-likeness (QED) is 0.0463. The maximum absolute atomic E-state index is 15.4. The number of piperazine rings is 1. The third-order valence-electron chi connectivity index (χ3n) is 11.8. The number of fused-ring (bicyclic) bond motifs is 2. The number of amides is 3. The number of unbranched alkanes of at least 4 members (excludes halogenated alkanes) is 3. The number of nitrogens with zero attached hydrogens (tertiary/aromatic N) is 5. The van der Waals surface area contributed by atoms with Gasteiger partial charge in [0.05, 0.1) is 79.7 Å².